The van der Waals surface area contributed by atoms with Crippen LogP contribution in [-0.2, 0) is 10.0 Å². The molecule has 0 saturated heterocycles. The summed E-state index contributed by atoms with van der Waals surface area (Å²) >= 11 is 0. The lowest BCUT2D eigenvalue weighted by Gasteiger charge is -2.04. The molecule has 2 aromatic heterocycles. The van der Waals surface area contributed by atoms with Gasteiger partial charge in [0, 0.05) is 24.7 Å². The molecule has 0 aliphatic carbocycles. The van der Waals surface area contributed by atoms with Gasteiger partial charge in [0.15, 0.2) is 0 Å². The van der Waals surface area contributed by atoms with Crippen LogP contribution < -0.4 is 10.3 Å². The molecule has 0 bridgehead atoms. The van der Waals surface area contributed by atoms with Crippen LogP contribution in [-0.4, -0.2) is 23.4 Å². The number of hydrogen-bond donors (Lipinski definition) is 2. The van der Waals surface area contributed by atoms with E-state index < -0.39 is 10.0 Å². The molecule has 8 heteroatoms. The van der Waals surface area contributed by atoms with Crippen molar-refractivity contribution in [3.63, 3.8) is 0 Å². The minimum absolute atomic E-state index is 0.0290. The molecule has 88 valence electrons. The van der Waals surface area contributed by atoms with Crippen molar-refractivity contribution in [1.82, 2.24) is 15.0 Å². The van der Waals surface area contributed by atoms with E-state index in [0.29, 0.717) is 0 Å². The number of anilines is 1. The van der Waals surface area contributed by atoms with Crippen LogP contribution >= 0.6 is 0 Å². The molecule has 0 radical (unpaired) electrons. The molecular formula is C9H8N4O3S. The Bertz CT molecular complexity index is 646. The van der Waals surface area contributed by atoms with E-state index in [4.69, 9.17) is 0 Å². The Morgan fingerprint density at radius 3 is 2.47 bits per heavy atom. The van der Waals surface area contributed by atoms with Crippen molar-refractivity contribution in [3.05, 3.63) is 47.1 Å². The van der Waals surface area contributed by atoms with E-state index in [2.05, 4.69) is 19.7 Å². The molecule has 2 heterocycles. The zero-order valence-electron chi connectivity index (χ0n) is 8.49. The van der Waals surface area contributed by atoms with Crippen LogP contribution in [0.3, 0.4) is 0 Å². The summed E-state index contributed by atoms with van der Waals surface area (Å²) in [5.41, 5.74) is -0.375. The molecule has 0 spiro atoms. The molecule has 0 aliphatic rings. The fourth-order valence-electron chi connectivity index (χ4n) is 1.09. The summed E-state index contributed by atoms with van der Waals surface area (Å²) < 4.78 is 25.8. The van der Waals surface area contributed by atoms with E-state index in [1.54, 1.807) is 6.07 Å². The zero-order chi connectivity index (χ0) is 12.3. The Balaban J connectivity index is 2.32. The number of pyridine rings is 1. The quantitative estimate of drug-likeness (QED) is 0.797. The second-order valence-electron chi connectivity index (χ2n) is 3.07. The highest BCUT2D eigenvalue weighted by Gasteiger charge is 2.15. The van der Waals surface area contributed by atoms with Crippen molar-refractivity contribution in [2.24, 2.45) is 0 Å². The largest absolute Gasteiger partial charge is 0.328 e. The second-order valence-corrected chi connectivity index (χ2v) is 4.75. The van der Waals surface area contributed by atoms with Crippen molar-refractivity contribution in [2.45, 2.75) is 4.90 Å². The molecule has 0 saturated carbocycles. The zero-order valence-corrected chi connectivity index (χ0v) is 9.31. The van der Waals surface area contributed by atoms with Crippen LogP contribution in [0, 0.1) is 0 Å². The topological polar surface area (TPSA) is 105 Å². The molecule has 0 unspecified atom stereocenters. The Kier molecular flexibility index (Phi) is 2.88. The Morgan fingerprint density at radius 1 is 1.18 bits per heavy atom. The van der Waals surface area contributed by atoms with Crippen molar-refractivity contribution in [3.8, 4) is 0 Å². The number of hydrogen-bond acceptors (Lipinski definition) is 5. The van der Waals surface area contributed by atoms with Crippen molar-refractivity contribution in [1.29, 1.82) is 0 Å². The van der Waals surface area contributed by atoms with Gasteiger partial charge >= 0.3 is 0 Å². The van der Waals surface area contributed by atoms with Gasteiger partial charge in [-0.15, -0.1) is 0 Å². The molecule has 0 fully saturated rings. The summed E-state index contributed by atoms with van der Waals surface area (Å²) in [6.45, 7) is 0. The number of H-pyrrole nitrogens is 1. The standard InChI is InChI=1S/C9H8N4O3S/c14-8-3-2-7(6-12-8)17(15,16)13-9-10-4-1-5-11-9/h1-6H,(H,12,14)(H,10,11,13). The Labute approximate surface area is 96.6 Å². The highest BCUT2D eigenvalue weighted by Crippen LogP contribution is 2.09. The van der Waals surface area contributed by atoms with Crippen LogP contribution in [0.2, 0.25) is 0 Å². The first-order chi connectivity index (χ1) is 8.08. The predicted molar refractivity (Wildman–Crippen MR) is 59.9 cm³/mol. The van der Waals surface area contributed by atoms with Gasteiger partial charge in [0.2, 0.25) is 11.5 Å². The van der Waals surface area contributed by atoms with Gasteiger partial charge in [0.25, 0.3) is 10.0 Å². The SMILES string of the molecule is O=c1ccc(S(=O)(=O)Nc2ncccn2)c[nH]1. The lowest BCUT2D eigenvalue weighted by atomic mass is 10.5. The minimum Gasteiger partial charge on any atom is -0.328 e. The first-order valence-corrected chi connectivity index (χ1v) is 6.05. The van der Waals surface area contributed by atoms with Crippen molar-refractivity contribution < 1.29 is 8.42 Å². The fraction of sp³-hybridized carbons (Fsp3) is 0. The van der Waals surface area contributed by atoms with Crippen molar-refractivity contribution in [2.75, 3.05) is 4.72 Å². The van der Waals surface area contributed by atoms with Gasteiger partial charge < -0.3 is 4.98 Å². The number of aromatic nitrogens is 3. The average molecular weight is 252 g/mol. The summed E-state index contributed by atoms with van der Waals surface area (Å²) in [4.78, 5) is 20.5. The normalized spacial score (nSPS) is 11.1. The Hall–Kier alpha value is -2.22. The summed E-state index contributed by atoms with van der Waals surface area (Å²) in [7, 11) is -3.78. The van der Waals surface area contributed by atoms with Gasteiger partial charge in [-0.25, -0.2) is 23.1 Å². The molecule has 0 amide bonds. The maximum Gasteiger partial charge on any atom is 0.265 e. The first kappa shape index (κ1) is 11.3. The average Bonchev–Trinajstić information content (AvgIpc) is 2.30. The first-order valence-electron chi connectivity index (χ1n) is 4.56. The van der Waals surface area contributed by atoms with Gasteiger partial charge in [-0.3, -0.25) is 4.79 Å². The number of sulfonamides is 1. The number of nitrogens with one attached hydrogen (secondary N) is 2. The van der Waals surface area contributed by atoms with Crippen LogP contribution in [0.4, 0.5) is 5.95 Å². The van der Waals surface area contributed by atoms with E-state index in [1.165, 1.54) is 18.5 Å². The van der Waals surface area contributed by atoms with Crippen LogP contribution in [0.15, 0.2) is 46.5 Å². The van der Waals surface area contributed by atoms with E-state index in [1.807, 2.05) is 0 Å². The molecule has 0 aliphatic heterocycles. The van der Waals surface area contributed by atoms with Crippen LogP contribution in [0.1, 0.15) is 0 Å². The summed E-state index contributed by atoms with van der Waals surface area (Å²) in [6.07, 6.45) is 3.93. The number of rotatable bonds is 3. The summed E-state index contributed by atoms with van der Waals surface area (Å²) in [6, 6.07) is 3.89. The lowest BCUT2D eigenvalue weighted by Crippen LogP contribution is -2.16. The maximum absolute atomic E-state index is 11.8. The van der Waals surface area contributed by atoms with E-state index in [9.17, 15) is 13.2 Å². The van der Waals surface area contributed by atoms with Gasteiger partial charge in [-0.05, 0) is 12.1 Å². The monoisotopic (exact) mass is 252 g/mol. The molecule has 0 aromatic carbocycles. The molecule has 2 aromatic rings. The third-order valence-corrected chi connectivity index (χ3v) is 3.18. The molecule has 17 heavy (non-hydrogen) atoms. The van der Waals surface area contributed by atoms with Gasteiger partial charge in [0.05, 0.1) is 0 Å². The maximum atomic E-state index is 11.8. The molecule has 7 nitrogen and oxygen atoms in total. The predicted octanol–water partition coefficient (Wildman–Crippen LogP) is -0.0343. The smallest absolute Gasteiger partial charge is 0.265 e. The van der Waals surface area contributed by atoms with Gasteiger partial charge in [-0.1, -0.05) is 0 Å². The minimum atomic E-state index is -3.78. The van der Waals surface area contributed by atoms with Crippen molar-refractivity contribution >= 4 is 16.0 Å². The number of aromatic amines is 1. The summed E-state index contributed by atoms with van der Waals surface area (Å²) in [5.74, 6) is -0.0290. The highest BCUT2D eigenvalue weighted by molar-refractivity contribution is 7.92. The Morgan fingerprint density at radius 2 is 1.88 bits per heavy atom. The van der Waals surface area contributed by atoms with E-state index in [-0.39, 0.29) is 16.4 Å². The van der Waals surface area contributed by atoms with Crippen LogP contribution in [0.5, 0.6) is 0 Å². The molecular weight excluding hydrogens is 244 g/mol. The van der Waals surface area contributed by atoms with Gasteiger partial charge in [0.1, 0.15) is 4.90 Å². The summed E-state index contributed by atoms with van der Waals surface area (Å²) in [5, 5.41) is 0. The molecule has 2 N–H and O–H groups in total. The van der Waals surface area contributed by atoms with Gasteiger partial charge in [-0.2, -0.15) is 0 Å². The molecule has 2 rings (SSSR count). The lowest BCUT2D eigenvalue weighted by molar-refractivity contribution is 0.600. The van der Waals surface area contributed by atoms with Crippen LogP contribution in [0.25, 0.3) is 0 Å². The third-order valence-electron chi connectivity index (χ3n) is 1.86. The van der Waals surface area contributed by atoms with E-state index in [0.717, 1.165) is 12.3 Å². The highest BCUT2D eigenvalue weighted by atomic mass is 32.2. The van der Waals surface area contributed by atoms with E-state index >= 15 is 0 Å². The fourth-order valence-corrected chi connectivity index (χ4v) is 2.02. The number of nitrogens with zero attached hydrogens (tertiary/aromatic N) is 2. The molecule has 0 atom stereocenters. The second kappa shape index (κ2) is 4.34. The third kappa shape index (κ3) is 2.67.